The van der Waals surface area contributed by atoms with Crippen LogP contribution in [-0.4, -0.2) is 84.6 Å². The zero-order chi connectivity index (χ0) is 33.5. The van der Waals surface area contributed by atoms with Crippen LogP contribution in [0.2, 0.25) is 0 Å². The van der Waals surface area contributed by atoms with Crippen molar-refractivity contribution in [1.29, 1.82) is 0 Å². The summed E-state index contributed by atoms with van der Waals surface area (Å²) in [5.74, 6) is -2.43. The number of phenols is 2. The van der Waals surface area contributed by atoms with Crippen LogP contribution in [0.25, 0.3) is 0 Å². The fraction of sp³-hybridized carbons (Fsp3) is 0.645. The van der Waals surface area contributed by atoms with Crippen molar-refractivity contribution in [2.45, 2.75) is 96.1 Å². The number of hydrogen-bond acceptors (Lipinski definition) is 9. The molecule has 0 aromatic heterocycles. The molecule has 0 unspecified atom stereocenters. The lowest BCUT2D eigenvalue weighted by atomic mass is 10.1. The number of hydrogen-bond donors (Lipinski definition) is 9. The lowest BCUT2D eigenvalue weighted by Gasteiger charge is -2.17. The number of unbranched alkanes of at least 4 members (excludes halogenated alkanes) is 6. The van der Waals surface area contributed by atoms with Crippen LogP contribution >= 0.6 is 0 Å². The Balaban J connectivity index is 2.05. The van der Waals surface area contributed by atoms with Gasteiger partial charge in [0.1, 0.15) is 17.5 Å². The number of phenolic OH excluding ortho intramolecular Hbond substituents is 2. The van der Waals surface area contributed by atoms with Crippen molar-refractivity contribution in [3.63, 3.8) is 0 Å². The van der Waals surface area contributed by atoms with E-state index in [1.165, 1.54) is 19.1 Å². The summed E-state index contributed by atoms with van der Waals surface area (Å²) in [6.45, 7) is 4.79. The van der Waals surface area contributed by atoms with Gasteiger partial charge in [-0.05, 0) is 57.7 Å². The van der Waals surface area contributed by atoms with E-state index < -0.39 is 29.8 Å². The molecule has 0 aliphatic carbocycles. The molecule has 11 N–H and O–H groups in total. The van der Waals surface area contributed by atoms with Crippen LogP contribution < -0.4 is 38.1 Å². The van der Waals surface area contributed by atoms with E-state index in [0.29, 0.717) is 32.5 Å². The molecule has 0 fully saturated rings. The Kier molecular flexibility index (Phi) is 20.4. The molecule has 2 atom stereocenters. The van der Waals surface area contributed by atoms with Gasteiger partial charge in [0.15, 0.2) is 0 Å². The van der Waals surface area contributed by atoms with Crippen LogP contribution in [0, 0.1) is 0 Å². The maximum absolute atomic E-state index is 12.6. The predicted octanol–water partition coefficient (Wildman–Crippen LogP) is 0.187. The Hall–Kier alpha value is -3.91. The van der Waals surface area contributed by atoms with Crippen LogP contribution in [0.4, 0.5) is 0 Å². The summed E-state index contributed by atoms with van der Waals surface area (Å²) in [6, 6.07) is 2.17. The van der Waals surface area contributed by atoms with Crippen LogP contribution in [0.5, 0.6) is 11.5 Å². The quantitative estimate of drug-likeness (QED) is 0.0666. The van der Waals surface area contributed by atoms with E-state index in [1.54, 1.807) is 0 Å². The molecule has 0 saturated carbocycles. The summed E-state index contributed by atoms with van der Waals surface area (Å²) >= 11 is 0. The molecular formula is C31H53N7O7. The SMILES string of the molecule is CC(=O)NCCC[C@H](N)C(=O)NCCCCCCCNCCCCCNC(=O)[C@H](CC(N)=O)NC(=O)Cc1ccc(O)cc1O. The van der Waals surface area contributed by atoms with Crippen LogP contribution in [0.1, 0.15) is 83.1 Å². The summed E-state index contributed by atoms with van der Waals surface area (Å²) in [4.78, 5) is 59.2. The highest BCUT2D eigenvalue weighted by atomic mass is 16.3. The molecule has 1 aromatic carbocycles. The van der Waals surface area contributed by atoms with Gasteiger partial charge >= 0.3 is 0 Å². The molecule has 0 radical (unpaired) electrons. The third kappa shape index (κ3) is 19.9. The maximum Gasteiger partial charge on any atom is 0.243 e. The number of nitrogens with two attached hydrogens (primary N) is 2. The number of carbonyl (C=O) groups excluding carboxylic acids is 5. The Morgan fingerprint density at radius 3 is 1.91 bits per heavy atom. The van der Waals surface area contributed by atoms with Gasteiger partial charge in [-0.2, -0.15) is 0 Å². The summed E-state index contributed by atoms with van der Waals surface area (Å²) in [5, 5.41) is 33.4. The smallest absolute Gasteiger partial charge is 0.243 e. The molecule has 1 aromatic rings. The molecule has 1 rings (SSSR count). The molecule has 0 aliphatic rings. The van der Waals surface area contributed by atoms with Crippen molar-refractivity contribution in [3.05, 3.63) is 23.8 Å². The number of carbonyl (C=O) groups is 5. The van der Waals surface area contributed by atoms with Gasteiger partial charge in [-0.3, -0.25) is 24.0 Å². The Morgan fingerprint density at radius 2 is 1.31 bits per heavy atom. The van der Waals surface area contributed by atoms with E-state index in [1.807, 2.05) is 0 Å². The first kappa shape index (κ1) is 39.1. The Bertz CT molecular complexity index is 1070. The largest absolute Gasteiger partial charge is 0.508 e. The van der Waals surface area contributed by atoms with Gasteiger partial charge in [-0.25, -0.2) is 0 Å². The standard InChI is InChI=1S/C31H53N7O7/c1-22(39)35-18-10-11-25(32)30(44)36-16-8-4-2-3-6-14-34-15-7-5-9-17-37-31(45)26(21-28(33)42)38-29(43)19-23-12-13-24(40)20-27(23)41/h12-13,20,25-26,34,40-41H,2-11,14-19,21,32H2,1H3,(H2,33,42)(H,35,39)(H,36,44)(H,37,45)(H,38,43)/t25-,26-/m0/s1. The number of rotatable bonds is 25. The van der Waals surface area contributed by atoms with E-state index in [-0.39, 0.29) is 41.7 Å². The molecule has 5 amide bonds. The van der Waals surface area contributed by atoms with Crippen molar-refractivity contribution in [2.24, 2.45) is 11.5 Å². The lowest BCUT2D eigenvalue weighted by Crippen LogP contribution is -2.49. The molecule has 14 nitrogen and oxygen atoms in total. The number of aromatic hydroxyl groups is 2. The van der Waals surface area contributed by atoms with E-state index in [9.17, 15) is 34.2 Å². The molecule has 0 aliphatic heterocycles. The van der Waals surface area contributed by atoms with Crippen molar-refractivity contribution < 1.29 is 34.2 Å². The fourth-order valence-corrected chi connectivity index (χ4v) is 4.51. The minimum atomic E-state index is -1.12. The highest BCUT2D eigenvalue weighted by Crippen LogP contribution is 2.22. The molecule has 0 spiro atoms. The number of primary amides is 1. The first-order valence-corrected chi connectivity index (χ1v) is 15.8. The zero-order valence-corrected chi connectivity index (χ0v) is 26.5. The third-order valence-corrected chi connectivity index (χ3v) is 7.04. The molecule has 14 heteroatoms. The van der Waals surface area contributed by atoms with Gasteiger partial charge in [0, 0.05) is 38.2 Å². The van der Waals surface area contributed by atoms with Gasteiger partial charge < -0.3 is 48.3 Å². The fourth-order valence-electron chi connectivity index (χ4n) is 4.51. The molecule has 254 valence electrons. The number of benzene rings is 1. The van der Waals surface area contributed by atoms with Crippen molar-refractivity contribution in [2.75, 3.05) is 32.7 Å². The number of nitrogens with one attached hydrogen (secondary N) is 5. The maximum atomic E-state index is 12.6. The highest BCUT2D eigenvalue weighted by molar-refractivity contribution is 5.92. The second-order valence-corrected chi connectivity index (χ2v) is 11.2. The van der Waals surface area contributed by atoms with Gasteiger partial charge in [0.05, 0.1) is 18.9 Å². The van der Waals surface area contributed by atoms with E-state index in [0.717, 1.165) is 70.5 Å². The van der Waals surface area contributed by atoms with Gasteiger partial charge in [-0.1, -0.05) is 31.7 Å². The lowest BCUT2D eigenvalue weighted by molar-refractivity contribution is -0.131. The summed E-state index contributed by atoms with van der Waals surface area (Å²) < 4.78 is 0. The average molecular weight is 636 g/mol. The topological polar surface area (TPSA) is 238 Å². The van der Waals surface area contributed by atoms with Crippen molar-refractivity contribution in [3.8, 4) is 11.5 Å². The number of amides is 5. The molecule has 45 heavy (non-hydrogen) atoms. The average Bonchev–Trinajstić information content (AvgIpc) is 2.97. The first-order chi connectivity index (χ1) is 21.5. The highest BCUT2D eigenvalue weighted by Gasteiger charge is 2.23. The molecular weight excluding hydrogens is 582 g/mol. The van der Waals surface area contributed by atoms with Crippen LogP contribution in [0.3, 0.4) is 0 Å². The molecule has 0 saturated heterocycles. The first-order valence-electron chi connectivity index (χ1n) is 15.8. The Labute approximate surface area is 265 Å². The monoisotopic (exact) mass is 635 g/mol. The van der Waals surface area contributed by atoms with E-state index >= 15 is 0 Å². The summed E-state index contributed by atoms with van der Waals surface area (Å²) in [7, 11) is 0. The third-order valence-electron chi connectivity index (χ3n) is 7.04. The summed E-state index contributed by atoms with van der Waals surface area (Å²) in [6.07, 6.45) is 8.42. The van der Waals surface area contributed by atoms with Gasteiger partial charge in [-0.15, -0.1) is 0 Å². The minimum Gasteiger partial charge on any atom is -0.508 e. The Morgan fingerprint density at radius 1 is 0.756 bits per heavy atom. The van der Waals surface area contributed by atoms with Crippen molar-refractivity contribution in [1.82, 2.24) is 26.6 Å². The van der Waals surface area contributed by atoms with Crippen LogP contribution in [-0.2, 0) is 30.4 Å². The van der Waals surface area contributed by atoms with Crippen LogP contribution in [0.15, 0.2) is 18.2 Å². The van der Waals surface area contributed by atoms with Crippen molar-refractivity contribution >= 4 is 29.5 Å². The van der Waals surface area contributed by atoms with Gasteiger partial charge in [0.2, 0.25) is 29.5 Å². The minimum absolute atomic E-state index is 0.0888. The normalized spacial score (nSPS) is 12.1. The molecule has 0 heterocycles. The zero-order valence-electron chi connectivity index (χ0n) is 26.5. The van der Waals surface area contributed by atoms with E-state index in [2.05, 4.69) is 26.6 Å². The predicted molar refractivity (Wildman–Crippen MR) is 171 cm³/mol. The van der Waals surface area contributed by atoms with Gasteiger partial charge in [0.25, 0.3) is 0 Å². The van der Waals surface area contributed by atoms with E-state index in [4.69, 9.17) is 11.5 Å². The second-order valence-electron chi connectivity index (χ2n) is 11.2. The molecule has 0 bridgehead atoms. The second kappa shape index (κ2) is 23.5. The summed E-state index contributed by atoms with van der Waals surface area (Å²) in [5.41, 5.74) is 11.4.